The van der Waals surface area contributed by atoms with Crippen LogP contribution in [-0.4, -0.2) is 0 Å². The summed E-state index contributed by atoms with van der Waals surface area (Å²) in [5, 5.41) is 3.52. The zero-order valence-electron chi connectivity index (χ0n) is 13.3. The molecule has 0 aliphatic rings. The summed E-state index contributed by atoms with van der Waals surface area (Å²) in [6, 6.07) is 15.4. The quantitative estimate of drug-likeness (QED) is 0.757. The topological polar surface area (TPSA) is 12.0 Å². The van der Waals surface area contributed by atoms with Crippen molar-refractivity contribution in [1.29, 1.82) is 0 Å². The molecule has 0 radical (unpaired) electrons. The van der Waals surface area contributed by atoms with Crippen LogP contribution in [0.4, 0.5) is 10.1 Å². The largest absolute Gasteiger partial charge is 0.378 e. The van der Waals surface area contributed by atoms with Crippen LogP contribution >= 0.6 is 0 Å². The van der Waals surface area contributed by atoms with E-state index in [1.165, 1.54) is 11.6 Å². The van der Waals surface area contributed by atoms with Crippen LogP contribution in [0.2, 0.25) is 0 Å². The van der Waals surface area contributed by atoms with Crippen LogP contribution in [0.1, 0.15) is 44.4 Å². The van der Waals surface area contributed by atoms with Crippen molar-refractivity contribution in [3.05, 3.63) is 65.5 Å². The molecular weight excluding hydrogens is 261 g/mol. The van der Waals surface area contributed by atoms with Gasteiger partial charge in [-0.05, 0) is 42.0 Å². The molecule has 112 valence electrons. The molecular formula is C19H24FN. The lowest BCUT2D eigenvalue weighted by Crippen LogP contribution is -2.19. The highest BCUT2D eigenvalue weighted by molar-refractivity contribution is 5.52. The predicted molar refractivity (Wildman–Crippen MR) is 88.0 cm³/mol. The van der Waals surface area contributed by atoms with Crippen molar-refractivity contribution in [2.24, 2.45) is 5.41 Å². The smallest absolute Gasteiger partial charge is 0.125 e. The number of aryl methyl sites for hydroxylation is 1. The molecule has 0 bridgehead atoms. The number of rotatable bonds is 4. The van der Waals surface area contributed by atoms with Crippen LogP contribution in [0.5, 0.6) is 0 Å². The van der Waals surface area contributed by atoms with E-state index >= 15 is 0 Å². The Morgan fingerprint density at radius 2 is 1.71 bits per heavy atom. The lowest BCUT2D eigenvalue weighted by molar-refractivity contribution is 0.352. The van der Waals surface area contributed by atoms with Gasteiger partial charge < -0.3 is 5.32 Å². The first-order chi connectivity index (χ1) is 9.85. The first-order valence-corrected chi connectivity index (χ1v) is 7.43. The van der Waals surface area contributed by atoms with Crippen molar-refractivity contribution in [3.63, 3.8) is 0 Å². The van der Waals surface area contributed by atoms with Gasteiger partial charge in [-0.3, -0.25) is 0 Å². The zero-order valence-corrected chi connectivity index (χ0v) is 13.3. The van der Waals surface area contributed by atoms with Crippen LogP contribution in [-0.2, 0) is 0 Å². The average Bonchev–Trinajstić information content (AvgIpc) is 2.42. The highest BCUT2D eigenvalue weighted by Gasteiger charge is 2.20. The molecule has 2 heteroatoms. The maximum absolute atomic E-state index is 13.5. The van der Waals surface area contributed by atoms with Gasteiger partial charge in [-0.1, -0.05) is 57.2 Å². The third kappa shape index (κ3) is 4.59. The molecule has 2 aromatic carbocycles. The lowest BCUT2D eigenvalue weighted by Gasteiger charge is -2.28. The van der Waals surface area contributed by atoms with Crippen LogP contribution in [0.25, 0.3) is 0 Å². The van der Waals surface area contributed by atoms with Gasteiger partial charge >= 0.3 is 0 Å². The third-order valence-electron chi connectivity index (χ3n) is 3.55. The number of anilines is 1. The van der Waals surface area contributed by atoms with E-state index < -0.39 is 0 Å². The summed E-state index contributed by atoms with van der Waals surface area (Å²) < 4.78 is 13.5. The van der Waals surface area contributed by atoms with Gasteiger partial charge in [-0.15, -0.1) is 0 Å². The first kappa shape index (κ1) is 15.6. The van der Waals surface area contributed by atoms with Gasteiger partial charge in [-0.25, -0.2) is 4.39 Å². The summed E-state index contributed by atoms with van der Waals surface area (Å²) in [6.45, 7) is 8.68. The third-order valence-corrected chi connectivity index (χ3v) is 3.55. The molecule has 0 aromatic heterocycles. The first-order valence-electron chi connectivity index (χ1n) is 7.43. The Labute approximate surface area is 127 Å². The monoisotopic (exact) mass is 285 g/mol. The minimum Gasteiger partial charge on any atom is -0.378 e. The summed E-state index contributed by atoms with van der Waals surface area (Å²) in [7, 11) is 0. The second-order valence-corrected chi connectivity index (χ2v) is 6.83. The SMILES string of the molecule is Cc1ccc(F)cc1NC(CC(C)(C)C)c1ccccc1. The summed E-state index contributed by atoms with van der Waals surface area (Å²) in [4.78, 5) is 0. The zero-order chi connectivity index (χ0) is 15.5. The highest BCUT2D eigenvalue weighted by atomic mass is 19.1. The van der Waals surface area contributed by atoms with Crippen molar-refractivity contribution in [2.75, 3.05) is 5.32 Å². The Kier molecular flexibility index (Phi) is 4.66. The maximum atomic E-state index is 13.5. The highest BCUT2D eigenvalue weighted by Crippen LogP contribution is 2.33. The summed E-state index contributed by atoms with van der Waals surface area (Å²) >= 11 is 0. The predicted octanol–water partition coefficient (Wildman–Crippen LogP) is 5.72. The van der Waals surface area contributed by atoms with E-state index in [1.54, 1.807) is 6.07 Å². The molecule has 0 aliphatic heterocycles. The summed E-state index contributed by atoms with van der Waals surface area (Å²) in [5.41, 5.74) is 3.35. The van der Waals surface area contributed by atoms with Gasteiger partial charge in [0, 0.05) is 5.69 Å². The van der Waals surface area contributed by atoms with E-state index in [9.17, 15) is 4.39 Å². The fraction of sp³-hybridized carbons (Fsp3) is 0.368. The van der Waals surface area contributed by atoms with Crippen molar-refractivity contribution >= 4 is 5.69 Å². The molecule has 0 saturated heterocycles. The van der Waals surface area contributed by atoms with Crippen LogP contribution in [0, 0.1) is 18.2 Å². The fourth-order valence-corrected chi connectivity index (χ4v) is 2.49. The Morgan fingerprint density at radius 1 is 1.05 bits per heavy atom. The lowest BCUT2D eigenvalue weighted by atomic mass is 9.85. The van der Waals surface area contributed by atoms with E-state index in [-0.39, 0.29) is 17.3 Å². The van der Waals surface area contributed by atoms with Crippen LogP contribution in [0.3, 0.4) is 0 Å². The molecule has 0 aliphatic carbocycles. The van der Waals surface area contributed by atoms with Gasteiger partial charge in [0.25, 0.3) is 0 Å². The molecule has 0 heterocycles. The van der Waals surface area contributed by atoms with Gasteiger partial charge in [0.1, 0.15) is 5.82 Å². The molecule has 0 spiro atoms. The minimum atomic E-state index is -0.203. The Hall–Kier alpha value is -1.83. The molecule has 21 heavy (non-hydrogen) atoms. The maximum Gasteiger partial charge on any atom is 0.125 e. The number of halogens is 1. The van der Waals surface area contributed by atoms with Gasteiger partial charge in [0.2, 0.25) is 0 Å². The standard InChI is InChI=1S/C19H24FN/c1-14-10-11-16(20)12-17(14)21-18(13-19(2,3)4)15-8-6-5-7-9-15/h5-12,18,21H,13H2,1-4H3. The average molecular weight is 285 g/mol. The van der Waals surface area contributed by atoms with Gasteiger partial charge in [0.05, 0.1) is 6.04 Å². The molecule has 2 rings (SSSR count). The van der Waals surface area contributed by atoms with Crippen molar-refractivity contribution in [1.82, 2.24) is 0 Å². The number of hydrogen-bond acceptors (Lipinski definition) is 1. The van der Waals surface area contributed by atoms with E-state index in [4.69, 9.17) is 0 Å². The van der Waals surface area contributed by atoms with Crippen molar-refractivity contribution < 1.29 is 4.39 Å². The molecule has 0 saturated carbocycles. The second kappa shape index (κ2) is 6.30. The fourth-order valence-electron chi connectivity index (χ4n) is 2.49. The Morgan fingerprint density at radius 3 is 2.33 bits per heavy atom. The van der Waals surface area contributed by atoms with Crippen molar-refractivity contribution in [2.45, 2.75) is 40.2 Å². The summed E-state index contributed by atoms with van der Waals surface area (Å²) in [6.07, 6.45) is 0.979. The molecule has 2 aromatic rings. The Balaban J connectivity index is 2.30. The van der Waals surface area contributed by atoms with E-state index in [0.717, 1.165) is 17.7 Å². The molecule has 0 fully saturated rings. The number of hydrogen-bond donors (Lipinski definition) is 1. The molecule has 1 atom stereocenters. The number of nitrogens with one attached hydrogen (secondary N) is 1. The van der Waals surface area contributed by atoms with E-state index in [1.807, 2.05) is 31.2 Å². The van der Waals surface area contributed by atoms with Crippen LogP contribution in [0.15, 0.2) is 48.5 Å². The molecule has 1 unspecified atom stereocenters. The van der Waals surface area contributed by atoms with E-state index in [2.05, 4.69) is 38.2 Å². The molecule has 0 amide bonds. The van der Waals surface area contributed by atoms with Gasteiger partial charge in [-0.2, -0.15) is 0 Å². The van der Waals surface area contributed by atoms with Crippen LogP contribution < -0.4 is 5.32 Å². The van der Waals surface area contributed by atoms with Gasteiger partial charge in [0.15, 0.2) is 0 Å². The number of benzene rings is 2. The second-order valence-electron chi connectivity index (χ2n) is 6.83. The Bertz CT molecular complexity index is 584. The molecule has 1 N–H and O–H groups in total. The summed E-state index contributed by atoms with van der Waals surface area (Å²) in [5.74, 6) is -0.203. The normalized spacial score (nSPS) is 13.0. The minimum absolute atomic E-state index is 0.173. The molecule has 1 nitrogen and oxygen atoms in total. The van der Waals surface area contributed by atoms with E-state index in [0.29, 0.717) is 0 Å². The van der Waals surface area contributed by atoms with Crippen molar-refractivity contribution in [3.8, 4) is 0 Å².